The summed E-state index contributed by atoms with van der Waals surface area (Å²) in [7, 11) is 0. The molecule has 0 fully saturated rings. The Morgan fingerprint density at radius 1 is 0.976 bits per heavy atom. The summed E-state index contributed by atoms with van der Waals surface area (Å²) in [6.07, 6.45) is 14.6. The maximum atomic E-state index is 6.28. The van der Waals surface area contributed by atoms with Crippen LogP contribution in [0, 0.1) is 43.1 Å². The minimum Gasteiger partial charge on any atom is -0.399 e. The first-order valence-corrected chi connectivity index (χ1v) is 16.5. The molecule has 0 bridgehead atoms. The topological polar surface area (TPSA) is 35.2 Å². The molecule has 0 saturated carbocycles. The molecule has 2 aromatic carbocycles. The van der Waals surface area contributed by atoms with Gasteiger partial charge in [0.05, 0.1) is 13.2 Å². The maximum absolute atomic E-state index is 6.28. The number of hydrogen-bond donors (Lipinski definition) is 1. The van der Waals surface area contributed by atoms with Crippen LogP contribution in [0.3, 0.4) is 0 Å². The fourth-order valence-electron chi connectivity index (χ4n) is 4.58. The van der Waals surface area contributed by atoms with Gasteiger partial charge in [0.2, 0.25) is 0 Å². The van der Waals surface area contributed by atoms with Crippen LogP contribution in [0.15, 0.2) is 60.2 Å². The molecule has 1 aliphatic heterocycles. The van der Waals surface area contributed by atoms with Crippen molar-refractivity contribution in [3.63, 3.8) is 0 Å². The van der Waals surface area contributed by atoms with Gasteiger partial charge in [0.15, 0.2) is 0 Å². The Hall–Kier alpha value is -1.53. The largest absolute Gasteiger partial charge is 0.399 e. The van der Waals surface area contributed by atoms with Gasteiger partial charge in [-0.15, -0.1) is 41.0 Å². The summed E-state index contributed by atoms with van der Waals surface area (Å²) in [6, 6.07) is 18.4. The second kappa shape index (κ2) is 27.1. The standard InChI is InChI=1S/C25H28NO.C10H22.2C2H6.U/c1-4-18(3)25(23-9-7-6-8-22(23)24(26)5-2)21-12-10-19(11-13-21)20-14-16-27-17-15-20;1-4-6-7-8-9-10(3)5-2;2*1-2;/h5-12,14H,4,15-17,26H2,1-3H3;10H,4-9H2,1-3H3;2*1-2H3;/q-1;;;;/b24-5+,25-18?;;;;. The maximum Gasteiger partial charge on any atom is 0.0645 e. The average Bonchev–Trinajstić information content (AvgIpc) is 3.05. The molecule has 0 aromatic heterocycles. The first kappa shape index (κ1) is 42.6. The van der Waals surface area contributed by atoms with Crippen molar-refractivity contribution in [3.8, 4) is 0 Å². The minimum absolute atomic E-state index is 0. The number of nitrogens with two attached hydrogens (primary N) is 1. The third-order valence-electron chi connectivity index (χ3n) is 7.44. The summed E-state index contributed by atoms with van der Waals surface area (Å²) < 4.78 is 5.42. The van der Waals surface area contributed by atoms with E-state index in [9.17, 15) is 0 Å². The van der Waals surface area contributed by atoms with Crippen LogP contribution >= 0.6 is 0 Å². The molecule has 1 unspecified atom stereocenters. The second-order valence-electron chi connectivity index (χ2n) is 10.2. The van der Waals surface area contributed by atoms with Gasteiger partial charge < -0.3 is 10.5 Å². The molecule has 1 aliphatic rings. The van der Waals surface area contributed by atoms with E-state index in [2.05, 4.69) is 83.2 Å². The summed E-state index contributed by atoms with van der Waals surface area (Å²) in [6.45, 7) is 22.8. The number of rotatable bonds is 11. The van der Waals surface area contributed by atoms with Crippen molar-refractivity contribution in [1.82, 2.24) is 0 Å². The zero-order chi connectivity index (χ0) is 31.0. The molecule has 0 amide bonds. The molecular weight excluding hydrogens is 736 g/mol. The van der Waals surface area contributed by atoms with Crippen LogP contribution in [-0.4, -0.2) is 13.2 Å². The van der Waals surface area contributed by atoms with Crippen molar-refractivity contribution in [2.24, 2.45) is 11.7 Å². The van der Waals surface area contributed by atoms with Gasteiger partial charge in [0.1, 0.15) is 0 Å². The normalized spacial score (nSPS) is 13.8. The number of hydrogen-bond acceptors (Lipinski definition) is 2. The van der Waals surface area contributed by atoms with Crippen molar-refractivity contribution in [3.05, 3.63) is 88.5 Å². The summed E-state index contributed by atoms with van der Waals surface area (Å²) in [5, 5.41) is 0. The Morgan fingerprint density at radius 2 is 1.64 bits per heavy atom. The van der Waals surface area contributed by atoms with E-state index in [1.165, 1.54) is 66.4 Å². The van der Waals surface area contributed by atoms with Gasteiger partial charge >= 0.3 is 0 Å². The Bertz CT molecular complexity index is 1030. The van der Waals surface area contributed by atoms with Crippen molar-refractivity contribution in [1.29, 1.82) is 0 Å². The van der Waals surface area contributed by atoms with Crippen molar-refractivity contribution in [2.45, 2.75) is 121 Å². The first-order valence-electron chi connectivity index (χ1n) is 16.5. The van der Waals surface area contributed by atoms with E-state index < -0.39 is 0 Å². The molecule has 1 heterocycles. The van der Waals surface area contributed by atoms with Gasteiger partial charge in [0.25, 0.3) is 0 Å². The quantitative estimate of drug-likeness (QED) is 0.182. The van der Waals surface area contributed by atoms with E-state index in [-0.39, 0.29) is 31.1 Å². The Labute approximate surface area is 285 Å². The van der Waals surface area contributed by atoms with E-state index in [0.29, 0.717) is 6.61 Å². The Kier molecular flexibility index (Phi) is 27.4. The Morgan fingerprint density at radius 3 is 2.14 bits per heavy atom. The fourth-order valence-corrected chi connectivity index (χ4v) is 4.58. The summed E-state index contributed by atoms with van der Waals surface area (Å²) in [5.41, 5.74) is 15.6. The smallest absolute Gasteiger partial charge is 0.0645 e. The van der Waals surface area contributed by atoms with E-state index in [0.717, 1.165) is 42.2 Å². The molecule has 3 rings (SSSR count). The van der Waals surface area contributed by atoms with Gasteiger partial charge in [-0.3, -0.25) is 0 Å². The predicted molar refractivity (Wildman–Crippen MR) is 186 cm³/mol. The molecule has 3 heteroatoms. The SMILES string of the molecule is C/C=C(/N)c1ccccc1C(=C(C)CC)c1[c-]cc(C2=CCOCC2)cc1.CC.CC.CCCCCCC(C)CC.[U]. The zero-order valence-corrected chi connectivity index (χ0v) is 33.0. The van der Waals surface area contributed by atoms with Gasteiger partial charge in [-0.25, -0.2) is 0 Å². The molecule has 2 N–H and O–H groups in total. The molecule has 42 heavy (non-hydrogen) atoms. The van der Waals surface area contributed by atoms with Crippen LogP contribution in [0.5, 0.6) is 0 Å². The van der Waals surface area contributed by atoms with Crippen LogP contribution in [0.1, 0.15) is 143 Å². The van der Waals surface area contributed by atoms with E-state index in [1.54, 1.807) is 0 Å². The van der Waals surface area contributed by atoms with Gasteiger partial charge in [-0.05, 0) is 31.2 Å². The molecule has 0 saturated heterocycles. The fraction of sp³-hybridized carbons (Fsp3) is 0.538. The van der Waals surface area contributed by atoms with E-state index in [4.69, 9.17) is 10.5 Å². The molecule has 1 atom stereocenters. The monoisotopic (exact) mass is 799 g/mol. The number of benzene rings is 2. The first-order chi connectivity index (χ1) is 20.0. The summed E-state index contributed by atoms with van der Waals surface area (Å²) in [5.74, 6) is 0.955. The van der Waals surface area contributed by atoms with E-state index >= 15 is 0 Å². The number of ether oxygens (including phenoxy) is 1. The molecule has 0 radical (unpaired) electrons. The molecule has 234 valence electrons. The summed E-state index contributed by atoms with van der Waals surface area (Å²) in [4.78, 5) is 0. The van der Waals surface area contributed by atoms with Crippen LogP contribution in [0.4, 0.5) is 0 Å². The molecule has 0 aliphatic carbocycles. The minimum atomic E-state index is 0. The van der Waals surface area contributed by atoms with E-state index in [1.807, 2.05) is 46.8 Å². The Balaban J connectivity index is 0. The molecular formula is C39H62NOU-. The van der Waals surface area contributed by atoms with Gasteiger partial charge in [-0.1, -0.05) is 154 Å². The van der Waals surface area contributed by atoms with Gasteiger partial charge in [0, 0.05) is 36.8 Å². The average molecular weight is 799 g/mol. The van der Waals surface area contributed by atoms with Crippen LogP contribution in [-0.2, 0) is 4.74 Å². The van der Waals surface area contributed by atoms with Gasteiger partial charge in [-0.2, -0.15) is 0 Å². The van der Waals surface area contributed by atoms with Crippen LogP contribution < -0.4 is 5.73 Å². The molecule has 0 spiro atoms. The molecule has 2 nitrogen and oxygen atoms in total. The van der Waals surface area contributed by atoms with Crippen LogP contribution in [0.25, 0.3) is 16.8 Å². The van der Waals surface area contributed by atoms with Crippen LogP contribution in [0.2, 0.25) is 0 Å². The number of unbranched alkanes of at least 4 members (excludes halogenated alkanes) is 3. The number of allylic oxidation sites excluding steroid dienone is 2. The van der Waals surface area contributed by atoms with Crippen molar-refractivity contribution >= 4 is 16.8 Å². The van der Waals surface area contributed by atoms with Crippen molar-refractivity contribution in [2.75, 3.05) is 13.2 Å². The van der Waals surface area contributed by atoms with Crippen molar-refractivity contribution < 1.29 is 35.9 Å². The second-order valence-corrected chi connectivity index (χ2v) is 10.2. The third kappa shape index (κ3) is 15.3. The summed E-state index contributed by atoms with van der Waals surface area (Å²) >= 11 is 0. The third-order valence-corrected chi connectivity index (χ3v) is 7.44. The predicted octanol–water partition coefficient (Wildman–Crippen LogP) is 11.9. The zero-order valence-electron chi connectivity index (χ0n) is 28.8. The molecule has 2 aromatic rings.